The molecule has 38 heavy (non-hydrogen) atoms. The number of benzene rings is 3. The summed E-state index contributed by atoms with van der Waals surface area (Å²) >= 11 is 6.40. The lowest BCUT2D eigenvalue weighted by Gasteiger charge is -2.29. The summed E-state index contributed by atoms with van der Waals surface area (Å²) in [7, 11) is -1.44. The Hall–Kier alpha value is -3.47. The van der Waals surface area contributed by atoms with Crippen LogP contribution in [0.1, 0.15) is 24.2 Å². The fraction of sp³-hybridized carbons (Fsp3) is 0.296. The van der Waals surface area contributed by atoms with E-state index in [1.807, 2.05) is 13.8 Å². The molecular weight excluding hydrogens is 534 g/mol. The number of methoxy groups -OCH3 is 2. The summed E-state index contributed by atoms with van der Waals surface area (Å²) in [5.74, 6) is -0.244. The number of sulfonamides is 1. The normalized spacial score (nSPS) is 11.2. The number of anilines is 1. The molecule has 0 amide bonds. The van der Waals surface area contributed by atoms with E-state index >= 15 is 0 Å². The molecule has 0 unspecified atom stereocenters. The van der Waals surface area contributed by atoms with E-state index in [0.717, 1.165) is 4.31 Å². The Morgan fingerprint density at radius 3 is 2.34 bits per heavy atom. The maximum absolute atomic E-state index is 13.9. The van der Waals surface area contributed by atoms with Gasteiger partial charge >= 0.3 is 5.97 Å². The molecule has 0 saturated heterocycles. The lowest BCUT2D eigenvalue weighted by molar-refractivity contribution is 0.0600. The molecule has 11 heteroatoms. The second-order valence-corrected chi connectivity index (χ2v) is 10.8. The lowest BCUT2D eigenvalue weighted by Crippen LogP contribution is -2.35. The van der Waals surface area contributed by atoms with Gasteiger partial charge in [-0.25, -0.2) is 13.2 Å². The van der Waals surface area contributed by atoms with Gasteiger partial charge in [0, 0.05) is 12.6 Å². The molecule has 0 heterocycles. The molecule has 3 aromatic rings. The van der Waals surface area contributed by atoms with Gasteiger partial charge in [-0.2, -0.15) is 0 Å². The Morgan fingerprint density at radius 1 is 1.03 bits per heavy atom. The van der Waals surface area contributed by atoms with Crippen LogP contribution < -0.4 is 18.5 Å². The van der Waals surface area contributed by atoms with Crippen LogP contribution in [0.15, 0.2) is 65.6 Å². The largest absolute Gasteiger partial charge is 0.497 e. The van der Waals surface area contributed by atoms with Gasteiger partial charge in [0.05, 0.1) is 42.0 Å². The van der Waals surface area contributed by atoms with Crippen molar-refractivity contribution < 1.29 is 37.3 Å². The van der Waals surface area contributed by atoms with Crippen molar-refractivity contribution in [1.82, 2.24) is 0 Å². The van der Waals surface area contributed by atoms with Crippen LogP contribution in [0.3, 0.4) is 0 Å². The fourth-order valence-corrected chi connectivity index (χ4v) is 5.35. The number of carbonyl (C=O) groups is 1. The summed E-state index contributed by atoms with van der Waals surface area (Å²) in [5.41, 5.74) is 0.0498. The van der Waals surface area contributed by atoms with Crippen molar-refractivity contribution in [2.75, 3.05) is 38.3 Å². The van der Waals surface area contributed by atoms with Crippen molar-refractivity contribution >= 4 is 33.3 Å². The third-order valence-corrected chi connectivity index (χ3v) is 7.39. The van der Waals surface area contributed by atoms with E-state index in [4.69, 9.17) is 30.5 Å². The van der Waals surface area contributed by atoms with Crippen LogP contribution in [0.25, 0.3) is 0 Å². The number of aliphatic hydroxyl groups excluding tert-OH is 1. The van der Waals surface area contributed by atoms with E-state index in [0.29, 0.717) is 5.75 Å². The van der Waals surface area contributed by atoms with E-state index in [-0.39, 0.29) is 64.1 Å². The summed E-state index contributed by atoms with van der Waals surface area (Å²) in [6.07, 6.45) is 0. The van der Waals surface area contributed by atoms with Crippen molar-refractivity contribution in [3.63, 3.8) is 0 Å². The smallest absolute Gasteiger partial charge is 0.338 e. The highest BCUT2D eigenvalue weighted by molar-refractivity contribution is 7.92. The molecule has 0 aliphatic heterocycles. The summed E-state index contributed by atoms with van der Waals surface area (Å²) in [6.45, 7) is 3.28. The molecule has 0 saturated carbocycles. The molecule has 3 aromatic carbocycles. The summed E-state index contributed by atoms with van der Waals surface area (Å²) in [5, 5.41) is 9.64. The van der Waals surface area contributed by atoms with Crippen molar-refractivity contribution in [3.8, 4) is 23.0 Å². The van der Waals surface area contributed by atoms with E-state index in [1.165, 1.54) is 44.6 Å². The first-order valence-electron chi connectivity index (χ1n) is 11.7. The zero-order valence-electron chi connectivity index (χ0n) is 21.5. The fourth-order valence-electron chi connectivity index (χ4n) is 3.55. The molecule has 0 aliphatic carbocycles. The first kappa shape index (κ1) is 29.1. The number of nitrogens with zero attached hydrogens (tertiary/aromatic N) is 1. The van der Waals surface area contributed by atoms with Crippen LogP contribution in [0.5, 0.6) is 23.0 Å². The Balaban J connectivity index is 2.35. The summed E-state index contributed by atoms with van der Waals surface area (Å²) < 4.78 is 51.1. The minimum atomic E-state index is -4.13. The predicted molar refractivity (Wildman–Crippen MR) is 144 cm³/mol. The van der Waals surface area contributed by atoms with Gasteiger partial charge in [0.15, 0.2) is 11.5 Å². The van der Waals surface area contributed by atoms with Gasteiger partial charge in [0.2, 0.25) is 0 Å². The van der Waals surface area contributed by atoms with Gasteiger partial charge < -0.3 is 24.1 Å². The highest BCUT2D eigenvalue weighted by Crippen LogP contribution is 2.46. The number of ether oxygens (including phenoxy) is 4. The minimum Gasteiger partial charge on any atom is -0.497 e. The highest BCUT2D eigenvalue weighted by Gasteiger charge is 2.32. The molecule has 9 nitrogen and oxygen atoms in total. The molecule has 0 radical (unpaired) electrons. The van der Waals surface area contributed by atoms with Gasteiger partial charge in [-0.3, -0.25) is 4.31 Å². The van der Waals surface area contributed by atoms with Crippen LogP contribution in [-0.2, 0) is 14.8 Å². The average Bonchev–Trinajstić information content (AvgIpc) is 2.92. The van der Waals surface area contributed by atoms with Crippen molar-refractivity contribution in [2.24, 2.45) is 5.92 Å². The summed E-state index contributed by atoms with van der Waals surface area (Å²) in [6, 6.07) is 15.4. The van der Waals surface area contributed by atoms with Gasteiger partial charge in [-0.1, -0.05) is 43.6 Å². The molecule has 0 aromatic heterocycles. The molecule has 0 fully saturated rings. The predicted octanol–water partition coefficient (Wildman–Crippen LogP) is 5.15. The second kappa shape index (κ2) is 12.9. The molecule has 0 bridgehead atoms. The van der Waals surface area contributed by atoms with Crippen LogP contribution in [0, 0.1) is 5.92 Å². The number of halogens is 1. The van der Waals surface area contributed by atoms with Crippen molar-refractivity contribution in [2.45, 2.75) is 18.7 Å². The monoisotopic (exact) mass is 563 g/mol. The van der Waals surface area contributed by atoms with Crippen LogP contribution in [-0.4, -0.2) is 53.5 Å². The summed E-state index contributed by atoms with van der Waals surface area (Å²) in [4.78, 5) is 12.6. The highest BCUT2D eigenvalue weighted by atomic mass is 35.5. The number of hydrogen-bond acceptors (Lipinski definition) is 8. The molecule has 3 rings (SSSR count). The first-order valence-corrected chi connectivity index (χ1v) is 13.5. The third-order valence-electron chi connectivity index (χ3n) is 5.29. The van der Waals surface area contributed by atoms with E-state index in [2.05, 4.69) is 0 Å². The van der Waals surface area contributed by atoms with E-state index < -0.39 is 16.0 Å². The number of aliphatic hydroxyl groups is 1. The van der Waals surface area contributed by atoms with Crippen molar-refractivity contribution in [1.29, 1.82) is 0 Å². The molecule has 1 N–H and O–H groups in total. The van der Waals surface area contributed by atoms with E-state index in [9.17, 15) is 18.3 Å². The van der Waals surface area contributed by atoms with Crippen LogP contribution in [0.2, 0.25) is 5.02 Å². The lowest BCUT2D eigenvalue weighted by atomic mass is 10.1. The number of hydrogen-bond donors (Lipinski definition) is 1. The third kappa shape index (κ3) is 6.69. The first-order chi connectivity index (χ1) is 18.1. The average molecular weight is 564 g/mol. The Bertz CT molecular complexity index is 1360. The van der Waals surface area contributed by atoms with Gasteiger partial charge in [-0.15, -0.1) is 0 Å². The number of esters is 1. The van der Waals surface area contributed by atoms with Crippen molar-refractivity contribution in [3.05, 3.63) is 71.2 Å². The zero-order chi connectivity index (χ0) is 27.9. The van der Waals surface area contributed by atoms with Crippen LogP contribution >= 0.6 is 11.6 Å². The topological polar surface area (TPSA) is 112 Å². The van der Waals surface area contributed by atoms with Gasteiger partial charge in [0.25, 0.3) is 10.0 Å². The standard InChI is InChI=1S/C27H30ClNO8S/c1-18(2)17-29(38(32,33)21-8-6-5-7-9-21)23-14-19(27(31)35-4)15-25(36-13-12-30)26(23)37-24-16-20(34-3)10-11-22(24)28/h5-11,14-16,18,30H,12-13,17H2,1-4H3. The van der Waals surface area contributed by atoms with Gasteiger partial charge in [0.1, 0.15) is 18.1 Å². The number of rotatable bonds is 12. The maximum atomic E-state index is 13.9. The molecule has 0 atom stereocenters. The molecular formula is C27H30ClNO8S. The Labute approximate surface area is 227 Å². The number of carbonyl (C=O) groups excluding carboxylic acids is 1. The Morgan fingerprint density at radius 2 is 1.74 bits per heavy atom. The maximum Gasteiger partial charge on any atom is 0.338 e. The molecule has 0 spiro atoms. The SMILES string of the molecule is COC(=O)c1cc(OCCO)c(Oc2cc(OC)ccc2Cl)c(N(CC(C)C)S(=O)(=O)c2ccccc2)c1. The Kier molecular flexibility index (Phi) is 9.84. The van der Waals surface area contributed by atoms with E-state index in [1.54, 1.807) is 30.3 Å². The van der Waals surface area contributed by atoms with Gasteiger partial charge in [-0.05, 0) is 42.3 Å². The van der Waals surface area contributed by atoms with Crippen LogP contribution in [0.4, 0.5) is 5.69 Å². The quantitative estimate of drug-likeness (QED) is 0.301. The second-order valence-electron chi connectivity index (χ2n) is 8.53. The molecule has 204 valence electrons. The zero-order valence-corrected chi connectivity index (χ0v) is 23.1. The molecule has 0 aliphatic rings. The minimum absolute atomic E-state index is 0.00727.